The van der Waals surface area contributed by atoms with Crippen molar-refractivity contribution in [3.05, 3.63) is 24.3 Å². The molecule has 1 aromatic carbocycles. The van der Waals surface area contributed by atoms with Crippen LogP contribution in [0.3, 0.4) is 0 Å². The van der Waals surface area contributed by atoms with Crippen LogP contribution in [0.15, 0.2) is 24.3 Å². The Morgan fingerprint density at radius 1 is 1.45 bits per heavy atom. The standard InChI is InChI=1S/C14H19N3O3/c1-10-14(19)17(9-13(18)15-7-8-20-2)12-6-4-3-5-11(12)16-10/h3-6,10,16H,7-9H2,1-2H3,(H,15,18). The molecule has 2 amide bonds. The number of nitrogens with one attached hydrogen (secondary N) is 2. The summed E-state index contributed by atoms with van der Waals surface area (Å²) in [6.45, 7) is 2.70. The molecular formula is C14H19N3O3. The van der Waals surface area contributed by atoms with Gasteiger partial charge in [-0.25, -0.2) is 0 Å². The average Bonchev–Trinajstić information content (AvgIpc) is 2.44. The summed E-state index contributed by atoms with van der Waals surface area (Å²) in [4.78, 5) is 25.6. The van der Waals surface area contributed by atoms with Gasteiger partial charge in [0.2, 0.25) is 11.8 Å². The summed E-state index contributed by atoms with van der Waals surface area (Å²) in [5, 5.41) is 5.84. The Morgan fingerprint density at radius 2 is 2.20 bits per heavy atom. The monoisotopic (exact) mass is 277 g/mol. The highest BCUT2D eigenvalue weighted by molar-refractivity contribution is 6.07. The van der Waals surface area contributed by atoms with Crippen molar-refractivity contribution in [2.75, 3.05) is 37.0 Å². The van der Waals surface area contributed by atoms with Crippen molar-refractivity contribution in [2.24, 2.45) is 0 Å². The van der Waals surface area contributed by atoms with Gasteiger partial charge in [-0.2, -0.15) is 0 Å². The number of amides is 2. The van der Waals surface area contributed by atoms with Crippen molar-refractivity contribution in [2.45, 2.75) is 13.0 Å². The first-order valence-electron chi connectivity index (χ1n) is 6.56. The minimum atomic E-state index is -0.336. The molecule has 1 atom stereocenters. The molecule has 0 aromatic heterocycles. The normalized spacial score (nSPS) is 17.4. The van der Waals surface area contributed by atoms with Gasteiger partial charge in [-0.15, -0.1) is 0 Å². The number of fused-ring (bicyclic) bond motifs is 1. The predicted molar refractivity (Wildman–Crippen MR) is 76.8 cm³/mol. The molecule has 1 aliphatic heterocycles. The van der Waals surface area contributed by atoms with Crippen LogP contribution >= 0.6 is 0 Å². The lowest BCUT2D eigenvalue weighted by atomic mass is 10.1. The Bertz CT molecular complexity index is 504. The van der Waals surface area contributed by atoms with E-state index < -0.39 is 0 Å². The molecule has 6 heteroatoms. The van der Waals surface area contributed by atoms with Gasteiger partial charge in [-0.05, 0) is 19.1 Å². The van der Waals surface area contributed by atoms with Crippen LogP contribution in [0.1, 0.15) is 6.92 Å². The predicted octanol–water partition coefficient (Wildman–Crippen LogP) is 0.596. The summed E-state index contributed by atoms with van der Waals surface area (Å²) in [6, 6.07) is 7.13. The highest BCUT2D eigenvalue weighted by Crippen LogP contribution is 2.30. The zero-order valence-corrected chi connectivity index (χ0v) is 11.7. The number of benzene rings is 1. The number of methoxy groups -OCH3 is 1. The summed E-state index contributed by atoms with van der Waals surface area (Å²) in [5.74, 6) is -0.301. The third-order valence-corrected chi connectivity index (χ3v) is 3.13. The van der Waals surface area contributed by atoms with Gasteiger partial charge in [0.1, 0.15) is 12.6 Å². The number of carbonyl (C=O) groups excluding carboxylic acids is 2. The Hall–Kier alpha value is -2.08. The van der Waals surface area contributed by atoms with E-state index in [0.29, 0.717) is 13.2 Å². The van der Waals surface area contributed by atoms with Crippen LogP contribution in [-0.4, -0.2) is 44.7 Å². The third kappa shape index (κ3) is 3.08. The number of hydrogen-bond acceptors (Lipinski definition) is 4. The molecule has 1 unspecified atom stereocenters. The third-order valence-electron chi connectivity index (χ3n) is 3.13. The van der Waals surface area contributed by atoms with Crippen LogP contribution in [0.5, 0.6) is 0 Å². The van der Waals surface area contributed by atoms with Gasteiger partial charge in [0.05, 0.1) is 18.0 Å². The molecule has 0 fully saturated rings. The molecular weight excluding hydrogens is 258 g/mol. The Kier molecular flexibility index (Phi) is 4.57. The van der Waals surface area contributed by atoms with E-state index in [4.69, 9.17) is 4.74 Å². The van der Waals surface area contributed by atoms with Crippen molar-refractivity contribution in [1.82, 2.24) is 5.32 Å². The fourth-order valence-electron chi connectivity index (χ4n) is 2.13. The molecule has 1 aromatic rings. The molecule has 2 rings (SSSR count). The van der Waals surface area contributed by atoms with Crippen LogP contribution in [0, 0.1) is 0 Å². The van der Waals surface area contributed by atoms with Gasteiger partial charge in [0, 0.05) is 13.7 Å². The first-order chi connectivity index (χ1) is 9.63. The topological polar surface area (TPSA) is 70.7 Å². The summed E-state index contributed by atoms with van der Waals surface area (Å²) >= 11 is 0. The maximum Gasteiger partial charge on any atom is 0.249 e. The van der Waals surface area contributed by atoms with Crippen LogP contribution in [0.4, 0.5) is 11.4 Å². The van der Waals surface area contributed by atoms with E-state index in [1.165, 1.54) is 4.90 Å². The minimum Gasteiger partial charge on any atom is -0.383 e. The molecule has 0 radical (unpaired) electrons. The van der Waals surface area contributed by atoms with Crippen LogP contribution in [0.2, 0.25) is 0 Å². The first kappa shape index (κ1) is 14.3. The Labute approximate surface area is 118 Å². The van der Waals surface area contributed by atoms with Crippen LogP contribution in [0.25, 0.3) is 0 Å². The average molecular weight is 277 g/mol. The SMILES string of the molecule is COCCNC(=O)CN1C(=O)C(C)Nc2ccccc21. The summed E-state index contributed by atoms with van der Waals surface area (Å²) < 4.78 is 4.87. The zero-order valence-electron chi connectivity index (χ0n) is 11.7. The van der Waals surface area contributed by atoms with Gasteiger partial charge in [-0.1, -0.05) is 12.1 Å². The van der Waals surface area contributed by atoms with Crippen molar-refractivity contribution >= 4 is 23.2 Å². The van der Waals surface area contributed by atoms with E-state index in [1.807, 2.05) is 24.3 Å². The van der Waals surface area contributed by atoms with E-state index in [2.05, 4.69) is 10.6 Å². The fraction of sp³-hybridized carbons (Fsp3) is 0.429. The fourth-order valence-corrected chi connectivity index (χ4v) is 2.13. The molecule has 20 heavy (non-hydrogen) atoms. The quantitative estimate of drug-likeness (QED) is 0.773. The van der Waals surface area contributed by atoms with Crippen molar-refractivity contribution in [1.29, 1.82) is 0 Å². The van der Waals surface area contributed by atoms with Crippen molar-refractivity contribution < 1.29 is 14.3 Å². The van der Waals surface area contributed by atoms with Crippen LogP contribution in [-0.2, 0) is 14.3 Å². The maximum absolute atomic E-state index is 12.2. The molecule has 108 valence electrons. The van der Waals surface area contributed by atoms with Crippen molar-refractivity contribution in [3.63, 3.8) is 0 Å². The number of para-hydroxylation sites is 2. The largest absolute Gasteiger partial charge is 0.383 e. The second kappa shape index (κ2) is 6.38. The molecule has 0 spiro atoms. The lowest BCUT2D eigenvalue weighted by molar-refractivity contribution is -0.124. The van der Waals surface area contributed by atoms with E-state index in [-0.39, 0.29) is 24.4 Å². The van der Waals surface area contributed by atoms with Gasteiger partial charge in [0.25, 0.3) is 0 Å². The Balaban J connectivity index is 2.09. The van der Waals surface area contributed by atoms with E-state index in [1.54, 1.807) is 14.0 Å². The van der Waals surface area contributed by atoms with E-state index in [9.17, 15) is 9.59 Å². The molecule has 0 saturated heterocycles. The molecule has 6 nitrogen and oxygen atoms in total. The van der Waals surface area contributed by atoms with Gasteiger partial charge in [-0.3, -0.25) is 14.5 Å². The Morgan fingerprint density at radius 3 is 2.95 bits per heavy atom. The zero-order chi connectivity index (χ0) is 14.5. The summed E-state index contributed by atoms with van der Waals surface area (Å²) in [7, 11) is 1.57. The van der Waals surface area contributed by atoms with Gasteiger partial charge >= 0.3 is 0 Å². The number of rotatable bonds is 5. The second-order valence-electron chi connectivity index (χ2n) is 4.65. The van der Waals surface area contributed by atoms with Crippen LogP contribution < -0.4 is 15.5 Å². The second-order valence-corrected chi connectivity index (χ2v) is 4.65. The maximum atomic E-state index is 12.2. The molecule has 1 heterocycles. The summed E-state index contributed by atoms with van der Waals surface area (Å²) in [5.41, 5.74) is 1.60. The summed E-state index contributed by atoms with van der Waals surface area (Å²) in [6.07, 6.45) is 0. The minimum absolute atomic E-state index is 0.0194. The number of ether oxygens (including phenoxy) is 1. The number of hydrogen-bond donors (Lipinski definition) is 2. The van der Waals surface area contributed by atoms with E-state index >= 15 is 0 Å². The lowest BCUT2D eigenvalue weighted by Crippen LogP contribution is -2.49. The van der Waals surface area contributed by atoms with Gasteiger partial charge < -0.3 is 15.4 Å². The first-order valence-corrected chi connectivity index (χ1v) is 6.56. The molecule has 1 aliphatic rings. The highest BCUT2D eigenvalue weighted by atomic mass is 16.5. The van der Waals surface area contributed by atoms with Crippen molar-refractivity contribution in [3.8, 4) is 0 Å². The number of carbonyl (C=O) groups is 2. The lowest BCUT2D eigenvalue weighted by Gasteiger charge is -2.33. The van der Waals surface area contributed by atoms with E-state index in [0.717, 1.165) is 11.4 Å². The smallest absolute Gasteiger partial charge is 0.249 e. The molecule has 2 N–H and O–H groups in total. The number of anilines is 2. The molecule has 0 saturated carbocycles. The number of nitrogens with zero attached hydrogens (tertiary/aromatic N) is 1. The molecule has 0 bridgehead atoms. The molecule has 0 aliphatic carbocycles. The van der Waals surface area contributed by atoms with Gasteiger partial charge in [0.15, 0.2) is 0 Å². The highest BCUT2D eigenvalue weighted by Gasteiger charge is 2.30.